The maximum Gasteiger partial charge on any atom is 0.212 e. The normalized spacial score (nSPS) is 12.3. The molecule has 1 aliphatic carbocycles. The lowest BCUT2D eigenvalue weighted by Crippen LogP contribution is -1.90. The van der Waals surface area contributed by atoms with Gasteiger partial charge in [0.15, 0.2) is 0 Å². The topological polar surface area (TPSA) is 68.6 Å². The lowest BCUT2D eigenvalue weighted by atomic mass is 10.0. The third kappa shape index (κ3) is 2.44. The van der Waals surface area contributed by atoms with Crippen LogP contribution in [-0.4, -0.2) is 32.1 Å². The van der Waals surface area contributed by atoms with Crippen LogP contribution in [0.4, 0.5) is 0 Å². The Morgan fingerprint density at radius 2 is 2.00 bits per heavy atom. The van der Waals surface area contributed by atoms with Gasteiger partial charge in [-0.1, -0.05) is 12.1 Å². The van der Waals surface area contributed by atoms with Crippen LogP contribution in [0.2, 0.25) is 0 Å². The minimum absolute atomic E-state index is 0.628. The number of ether oxygens (including phenoxy) is 1. The first-order valence-corrected chi connectivity index (χ1v) is 10.2. The molecule has 0 bridgehead atoms. The number of fused-ring (bicyclic) bond motifs is 4. The number of methoxy groups -OCH3 is 1. The Bertz CT molecular complexity index is 1380. The molecule has 6 nitrogen and oxygen atoms in total. The molecule has 1 aliphatic rings. The average molecular weight is 399 g/mol. The number of benzene rings is 1. The number of H-pyrrole nitrogens is 1. The minimum atomic E-state index is 0.628. The highest BCUT2D eigenvalue weighted by atomic mass is 32.1. The summed E-state index contributed by atoms with van der Waals surface area (Å²) in [5.74, 6) is 0.628. The highest BCUT2D eigenvalue weighted by molar-refractivity contribution is 7.16. The number of aromatic amines is 1. The van der Waals surface area contributed by atoms with Gasteiger partial charge in [-0.05, 0) is 18.2 Å². The van der Waals surface area contributed by atoms with Crippen LogP contribution in [0.1, 0.15) is 10.4 Å². The largest absolute Gasteiger partial charge is 0.481 e. The average Bonchev–Trinajstić information content (AvgIpc) is 3.49. The molecule has 0 spiro atoms. The molecule has 1 aromatic carbocycles. The Hall–Kier alpha value is -3.45. The Balaban J connectivity index is 1.39. The monoisotopic (exact) mass is 399 g/mol. The zero-order chi connectivity index (χ0) is 19.5. The molecule has 7 heteroatoms. The van der Waals surface area contributed by atoms with Gasteiger partial charge in [-0.25, -0.2) is 4.98 Å². The van der Waals surface area contributed by atoms with Crippen molar-refractivity contribution in [1.29, 1.82) is 0 Å². The molecule has 142 valence electrons. The van der Waals surface area contributed by atoms with Gasteiger partial charge in [0, 0.05) is 63.1 Å². The van der Waals surface area contributed by atoms with Gasteiger partial charge < -0.3 is 4.74 Å². The van der Waals surface area contributed by atoms with E-state index in [9.17, 15) is 0 Å². The first-order chi connectivity index (χ1) is 14.2. The van der Waals surface area contributed by atoms with Crippen LogP contribution < -0.4 is 4.74 Å². The second kappa shape index (κ2) is 6.02. The summed E-state index contributed by atoms with van der Waals surface area (Å²) >= 11 is 1.82. The second-order valence-electron chi connectivity index (χ2n) is 7.18. The van der Waals surface area contributed by atoms with Crippen molar-refractivity contribution in [1.82, 2.24) is 25.0 Å². The molecule has 1 N–H and O–H groups in total. The molecule has 0 atom stereocenters. The number of pyridine rings is 1. The van der Waals surface area contributed by atoms with E-state index in [4.69, 9.17) is 4.74 Å². The van der Waals surface area contributed by atoms with Crippen molar-refractivity contribution < 1.29 is 4.74 Å². The first kappa shape index (κ1) is 16.5. The van der Waals surface area contributed by atoms with Crippen LogP contribution in [0.25, 0.3) is 43.9 Å². The van der Waals surface area contributed by atoms with Gasteiger partial charge >= 0.3 is 0 Å². The van der Waals surface area contributed by atoms with Gasteiger partial charge in [0.2, 0.25) is 5.88 Å². The van der Waals surface area contributed by atoms with Gasteiger partial charge in [-0.15, -0.1) is 11.3 Å². The third-order valence-electron chi connectivity index (χ3n) is 5.54. The highest BCUT2D eigenvalue weighted by Gasteiger charge is 2.28. The van der Waals surface area contributed by atoms with E-state index in [0.29, 0.717) is 5.88 Å². The van der Waals surface area contributed by atoms with Crippen molar-refractivity contribution in [3.05, 3.63) is 59.2 Å². The fourth-order valence-electron chi connectivity index (χ4n) is 4.01. The molecule has 0 aliphatic heterocycles. The Morgan fingerprint density at radius 1 is 1.10 bits per heavy atom. The molecule has 0 fully saturated rings. The molecule has 5 aromatic rings. The molecule has 4 aromatic heterocycles. The van der Waals surface area contributed by atoms with Crippen LogP contribution in [0.5, 0.6) is 5.88 Å². The van der Waals surface area contributed by atoms with Crippen molar-refractivity contribution in [2.24, 2.45) is 7.05 Å². The summed E-state index contributed by atoms with van der Waals surface area (Å²) in [7, 11) is 3.60. The second-order valence-corrected chi connectivity index (χ2v) is 8.32. The van der Waals surface area contributed by atoms with E-state index in [2.05, 4.69) is 50.6 Å². The summed E-state index contributed by atoms with van der Waals surface area (Å²) in [6, 6.07) is 12.6. The van der Waals surface area contributed by atoms with Gasteiger partial charge in [0.25, 0.3) is 0 Å². The first-order valence-electron chi connectivity index (χ1n) is 9.34. The SMILES string of the molecule is COc1ccc(-c2cc3c(s2)Cc2c(-c4ccc5cnn(C)c5c4)n[nH]c2-3)cn1. The van der Waals surface area contributed by atoms with Gasteiger partial charge in [-0.2, -0.15) is 10.2 Å². The molecule has 0 saturated heterocycles. The van der Waals surface area contributed by atoms with Gasteiger partial charge in [-0.3, -0.25) is 9.78 Å². The highest BCUT2D eigenvalue weighted by Crippen LogP contribution is 2.46. The van der Waals surface area contributed by atoms with Gasteiger partial charge in [0.1, 0.15) is 0 Å². The lowest BCUT2D eigenvalue weighted by molar-refractivity contribution is 0.398. The summed E-state index contributed by atoms with van der Waals surface area (Å²) in [5, 5.41) is 13.4. The molecule has 0 radical (unpaired) electrons. The fraction of sp³-hybridized carbons (Fsp3) is 0.136. The number of rotatable bonds is 3. The maximum absolute atomic E-state index is 5.16. The van der Waals surface area contributed by atoms with Crippen molar-refractivity contribution >= 4 is 22.2 Å². The van der Waals surface area contributed by atoms with Crippen LogP contribution in [0.3, 0.4) is 0 Å². The smallest absolute Gasteiger partial charge is 0.212 e. The zero-order valence-electron chi connectivity index (χ0n) is 15.9. The van der Waals surface area contributed by atoms with Crippen LogP contribution in [0.15, 0.2) is 48.8 Å². The van der Waals surface area contributed by atoms with E-state index in [0.717, 1.165) is 39.8 Å². The standard InChI is InChI=1S/C22H17N5OS/c1-27-17-7-12(3-4-13(17)11-24-27)21-16-9-19-15(22(16)26-25-21)8-18(29-19)14-5-6-20(28-2)23-10-14/h3-8,10-11H,9H2,1-2H3,(H,25,26). The number of hydrogen-bond acceptors (Lipinski definition) is 5. The molecule has 29 heavy (non-hydrogen) atoms. The Labute approximate surface area is 170 Å². The zero-order valence-corrected chi connectivity index (χ0v) is 16.7. The number of nitrogens with one attached hydrogen (secondary N) is 1. The maximum atomic E-state index is 5.16. The summed E-state index contributed by atoms with van der Waals surface area (Å²) in [6.45, 7) is 0. The van der Waals surface area contributed by atoms with E-state index in [1.54, 1.807) is 7.11 Å². The third-order valence-corrected chi connectivity index (χ3v) is 6.72. The Kier molecular flexibility index (Phi) is 3.43. The van der Waals surface area contributed by atoms with E-state index >= 15 is 0 Å². The van der Waals surface area contributed by atoms with Crippen LogP contribution in [-0.2, 0) is 13.5 Å². The number of nitrogens with zero attached hydrogens (tertiary/aromatic N) is 4. The predicted octanol–water partition coefficient (Wildman–Crippen LogP) is 4.67. The van der Waals surface area contributed by atoms with Crippen molar-refractivity contribution in [3.63, 3.8) is 0 Å². The number of thiophene rings is 1. The quantitative estimate of drug-likeness (QED) is 0.470. The lowest BCUT2D eigenvalue weighted by Gasteiger charge is -2.02. The molecule has 0 unspecified atom stereocenters. The summed E-state index contributed by atoms with van der Waals surface area (Å²) in [4.78, 5) is 6.90. The van der Waals surface area contributed by atoms with E-state index < -0.39 is 0 Å². The molecule has 0 saturated carbocycles. The van der Waals surface area contributed by atoms with Crippen molar-refractivity contribution in [2.45, 2.75) is 6.42 Å². The summed E-state index contributed by atoms with van der Waals surface area (Å²) in [6.07, 6.45) is 4.65. The fourth-order valence-corrected chi connectivity index (χ4v) is 5.18. The van der Waals surface area contributed by atoms with Crippen LogP contribution in [0, 0.1) is 0 Å². The van der Waals surface area contributed by atoms with E-state index in [1.165, 1.54) is 20.9 Å². The predicted molar refractivity (Wildman–Crippen MR) is 114 cm³/mol. The van der Waals surface area contributed by atoms with Gasteiger partial charge in [0.05, 0.1) is 30.2 Å². The molecule has 4 heterocycles. The van der Waals surface area contributed by atoms with Crippen molar-refractivity contribution in [2.75, 3.05) is 7.11 Å². The minimum Gasteiger partial charge on any atom is -0.481 e. The van der Waals surface area contributed by atoms with E-state index in [-0.39, 0.29) is 0 Å². The molecule has 6 rings (SSSR count). The summed E-state index contributed by atoms with van der Waals surface area (Å²) in [5.41, 5.74) is 8.01. The number of aromatic nitrogens is 5. The van der Waals surface area contributed by atoms with Crippen LogP contribution >= 0.6 is 11.3 Å². The molecular weight excluding hydrogens is 382 g/mol. The molecule has 0 amide bonds. The molecular formula is C22H17N5OS. The van der Waals surface area contributed by atoms with E-state index in [1.807, 2.05) is 41.5 Å². The Morgan fingerprint density at radius 3 is 2.83 bits per heavy atom. The number of aryl methyl sites for hydroxylation is 1. The summed E-state index contributed by atoms with van der Waals surface area (Å²) < 4.78 is 7.06. The van der Waals surface area contributed by atoms with Crippen molar-refractivity contribution in [3.8, 4) is 38.8 Å². The number of hydrogen-bond donors (Lipinski definition) is 1.